The number of hydrogen-bond donors (Lipinski definition) is 0. The predicted octanol–water partition coefficient (Wildman–Crippen LogP) is 14.5. The summed E-state index contributed by atoms with van der Waals surface area (Å²) in [4.78, 5) is 2.45. The minimum absolute atomic E-state index is 0.0790. The molecule has 2 aliphatic carbocycles. The maximum Gasteiger partial charge on any atom is 0.159 e. The molecule has 1 heterocycles. The smallest absolute Gasteiger partial charge is 0.159 e. The highest BCUT2D eigenvalue weighted by molar-refractivity contribution is 6.15. The summed E-state index contributed by atoms with van der Waals surface area (Å²) in [6.45, 7) is 9.58. The summed E-state index contributed by atoms with van der Waals surface area (Å²) in [6.07, 6.45) is 0. The first-order chi connectivity index (χ1) is 26.3. The maximum atomic E-state index is 6.77. The molecule has 2 heteroatoms. The Morgan fingerprint density at radius 2 is 0.981 bits per heavy atom. The van der Waals surface area contributed by atoms with E-state index in [4.69, 9.17) is 4.42 Å². The second-order valence-electron chi connectivity index (χ2n) is 16.1. The summed E-state index contributed by atoms with van der Waals surface area (Å²) < 4.78 is 6.77. The van der Waals surface area contributed by atoms with Crippen LogP contribution in [0.4, 0.5) is 17.1 Å². The van der Waals surface area contributed by atoms with E-state index in [-0.39, 0.29) is 10.8 Å². The first kappa shape index (κ1) is 31.2. The number of nitrogens with zero attached hydrogens (tertiary/aromatic N) is 1. The Labute approximate surface area is 315 Å². The van der Waals surface area contributed by atoms with Crippen molar-refractivity contribution < 1.29 is 4.42 Å². The molecule has 1 aromatic heterocycles. The van der Waals surface area contributed by atoms with Crippen LogP contribution in [0.3, 0.4) is 0 Å². The van der Waals surface area contributed by atoms with Crippen molar-refractivity contribution >= 4 is 49.8 Å². The Balaban J connectivity index is 1.22. The second kappa shape index (κ2) is 11.1. The topological polar surface area (TPSA) is 16.4 Å². The number of para-hydroxylation sites is 3. The number of anilines is 3. The van der Waals surface area contributed by atoms with Crippen LogP contribution >= 0.6 is 0 Å². The molecule has 0 saturated carbocycles. The van der Waals surface area contributed by atoms with E-state index < -0.39 is 0 Å². The number of hydrogen-bond acceptors (Lipinski definition) is 2. The highest BCUT2D eigenvalue weighted by Crippen LogP contribution is 2.57. The average Bonchev–Trinajstić information content (AvgIpc) is 3.70. The van der Waals surface area contributed by atoms with Crippen LogP contribution in [0.25, 0.3) is 66.1 Å². The molecule has 9 aromatic rings. The number of fused-ring (bicyclic) bond motifs is 8. The summed E-state index contributed by atoms with van der Waals surface area (Å²) in [7, 11) is 0. The largest absolute Gasteiger partial charge is 0.454 e. The van der Waals surface area contributed by atoms with Crippen LogP contribution in [0, 0.1) is 0 Å². The Morgan fingerprint density at radius 1 is 0.389 bits per heavy atom. The number of rotatable bonds is 4. The fourth-order valence-corrected chi connectivity index (χ4v) is 9.79. The minimum Gasteiger partial charge on any atom is -0.454 e. The SMILES string of the molecule is CC1(C)c2ccccc2-c2cc3c(cc21)-c1ccc(N(c2ccccc2-c2ccccc2)c2cccc4c2oc2ccccc24)c2cccc(c12)C3(C)C. The zero-order chi connectivity index (χ0) is 36.3. The van der Waals surface area contributed by atoms with Crippen molar-refractivity contribution in [3.05, 3.63) is 186 Å². The van der Waals surface area contributed by atoms with Crippen molar-refractivity contribution in [2.45, 2.75) is 38.5 Å². The van der Waals surface area contributed by atoms with Gasteiger partial charge in [-0.15, -0.1) is 0 Å². The molecule has 8 aromatic carbocycles. The zero-order valence-corrected chi connectivity index (χ0v) is 30.9. The van der Waals surface area contributed by atoms with Gasteiger partial charge in [0, 0.05) is 32.6 Å². The van der Waals surface area contributed by atoms with E-state index in [0.29, 0.717) is 0 Å². The van der Waals surface area contributed by atoms with Gasteiger partial charge in [-0.05, 0) is 91.9 Å². The van der Waals surface area contributed by atoms with E-state index in [1.165, 1.54) is 60.8 Å². The van der Waals surface area contributed by atoms with Crippen LogP contribution in [-0.2, 0) is 10.8 Å². The van der Waals surface area contributed by atoms with Gasteiger partial charge in [-0.2, -0.15) is 0 Å². The van der Waals surface area contributed by atoms with Gasteiger partial charge in [0.2, 0.25) is 0 Å². The number of furan rings is 1. The van der Waals surface area contributed by atoms with E-state index in [2.05, 4.69) is 190 Å². The molecule has 0 saturated heterocycles. The van der Waals surface area contributed by atoms with Gasteiger partial charge in [0.25, 0.3) is 0 Å². The van der Waals surface area contributed by atoms with Crippen LogP contribution in [-0.4, -0.2) is 0 Å². The van der Waals surface area contributed by atoms with E-state index >= 15 is 0 Å². The normalized spacial score (nSPS) is 14.6. The van der Waals surface area contributed by atoms with E-state index in [0.717, 1.165) is 44.6 Å². The van der Waals surface area contributed by atoms with Crippen LogP contribution < -0.4 is 4.90 Å². The van der Waals surface area contributed by atoms with E-state index in [9.17, 15) is 0 Å². The molecule has 0 radical (unpaired) electrons. The van der Waals surface area contributed by atoms with Crippen LogP contribution in [0.5, 0.6) is 0 Å². The van der Waals surface area contributed by atoms with E-state index in [1.807, 2.05) is 6.07 Å². The first-order valence-electron chi connectivity index (χ1n) is 19.0. The highest BCUT2D eigenvalue weighted by atomic mass is 16.3. The molecular weight excluding hydrogens is 655 g/mol. The molecule has 0 spiro atoms. The minimum atomic E-state index is -0.220. The fourth-order valence-electron chi connectivity index (χ4n) is 9.79. The summed E-state index contributed by atoms with van der Waals surface area (Å²) in [6, 6.07) is 60.1. The molecular formula is C52H39NO. The zero-order valence-electron chi connectivity index (χ0n) is 30.9. The molecule has 0 bridgehead atoms. The second-order valence-corrected chi connectivity index (χ2v) is 16.1. The molecule has 0 fully saturated rings. The molecule has 0 N–H and O–H groups in total. The third-order valence-electron chi connectivity index (χ3n) is 12.5. The van der Waals surface area contributed by atoms with Crippen LogP contribution in [0.15, 0.2) is 168 Å². The van der Waals surface area contributed by atoms with Crippen molar-refractivity contribution in [1.82, 2.24) is 0 Å². The van der Waals surface area contributed by atoms with Gasteiger partial charge in [-0.3, -0.25) is 0 Å². The Bertz CT molecular complexity index is 3000. The molecule has 258 valence electrons. The number of benzene rings is 8. The molecule has 0 atom stereocenters. The van der Waals surface area contributed by atoms with Crippen LogP contribution in [0.2, 0.25) is 0 Å². The van der Waals surface area contributed by atoms with E-state index in [1.54, 1.807) is 0 Å². The summed E-state index contributed by atoms with van der Waals surface area (Å²) in [5.74, 6) is 0. The Kier molecular flexibility index (Phi) is 6.39. The molecule has 2 nitrogen and oxygen atoms in total. The van der Waals surface area contributed by atoms with Gasteiger partial charge in [0.1, 0.15) is 5.58 Å². The van der Waals surface area contributed by atoms with Gasteiger partial charge in [-0.1, -0.05) is 155 Å². The highest BCUT2D eigenvalue weighted by Gasteiger charge is 2.40. The van der Waals surface area contributed by atoms with Crippen molar-refractivity contribution in [1.29, 1.82) is 0 Å². The molecule has 54 heavy (non-hydrogen) atoms. The van der Waals surface area contributed by atoms with Crippen molar-refractivity contribution in [3.63, 3.8) is 0 Å². The monoisotopic (exact) mass is 693 g/mol. The summed E-state index contributed by atoms with van der Waals surface area (Å²) >= 11 is 0. The van der Waals surface area contributed by atoms with Gasteiger partial charge in [-0.25, -0.2) is 0 Å². The van der Waals surface area contributed by atoms with Gasteiger partial charge in [0.15, 0.2) is 5.58 Å². The average molecular weight is 694 g/mol. The Hall–Kier alpha value is -6.38. The van der Waals surface area contributed by atoms with Gasteiger partial charge < -0.3 is 9.32 Å². The molecule has 11 rings (SSSR count). The lowest BCUT2D eigenvalue weighted by Gasteiger charge is -2.37. The molecule has 0 unspecified atom stereocenters. The standard InChI is InChI=1S/C52H39NO/c1-51(2)41-23-11-8-19-34(41)39-30-44-40(31-43(39)51)36-28-29-46(38-22-14-24-42(49(36)38)52(44,3)4)53(45-25-12-9-18-33(45)32-16-6-5-7-17-32)47-26-15-21-37-35-20-10-13-27-48(35)54-50(37)47/h5-31H,1-4H3. The quantitative estimate of drug-likeness (QED) is 0.182. The lowest BCUT2D eigenvalue weighted by Crippen LogP contribution is -2.25. The van der Waals surface area contributed by atoms with Crippen molar-refractivity contribution in [2.75, 3.05) is 4.90 Å². The fraction of sp³-hybridized carbons (Fsp3) is 0.115. The van der Waals surface area contributed by atoms with Gasteiger partial charge >= 0.3 is 0 Å². The van der Waals surface area contributed by atoms with Crippen molar-refractivity contribution in [2.24, 2.45) is 0 Å². The molecule has 2 aliphatic rings. The summed E-state index contributed by atoms with van der Waals surface area (Å²) in [5, 5.41) is 4.78. The lowest BCUT2D eigenvalue weighted by atomic mass is 9.67. The van der Waals surface area contributed by atoms with Crippen LogP contribution in [0.1, 0.15) is 49.9 Å². The van der Waals surface area contributed by atoms with Crippen molar-refractivity contribution in [3.8, 4) is 33.4 Å². The summed E-state index contributed by atoms with van der Waals surface area (Å²) in [5.41, 5.74) is 18.0. The third kappa shape index (κ3) is 4.17. The van der Waals surface area contributed by atoms with Gasteiger partial charge in [0.05, 0.1) is 17.1 Å². The third-order valence-corrected chi connectivity index (χ3v) is 12.5. The first-order valence-corrected chi connectivity index (χ1v) is 19.0. The maximum absolute atomic E-state index is 6.77. The molecule has 0 amide bonds. The lowest BCUT2D eigenvalue weighted by molar-refractivity contribution is 0.639. The Morgan fingerprint density at radius 3 is 1.81 bits per heavy atom. The molecule has 0 aliphatic heterocycles. The predicted molar refractivity (Wildman–Crippen MR) is 226 cm³/mol.